The van der Waals surface area contributed by atoms with Crippen molar-refractivity contribution in [3.63, 3.8) is 0 Å². The van der Waals surface area contributed by atoms with Gasteiger partial charge in [0.05, 0.1) is 4.70 Å². The first kappa shape index (κ1) is 12.5. The van der Waals surface area contributed by atoms with Crippen LogP contribution in [0.15, 0.2) is 18.2 Å². The molecule has 2 rings (SSSR count). The lowest BCUT2D eigenvalue weighted by atomic mass is 10.2. The Labute approximate surface area is 108 Å². The van der Waals surface area contributed by atoms with E-state index in [0.29, 0.717) is 0 Å². The molecule has 0 bridgehead atoms. The minimum atomic E-state index is 0.100. The van der Waals surface area contributed by atoms with Gasteiger partial charge in [-0.2, -0.15) is 0 Å². The monoisotopic (exact) mass is 267 g/mol. The molecule has 0 atom stereocenters. The number of hydrogen-bond donors (Lipinski definition) is 0. The smallest absolute Gasteiger partial charge is 0.220 e. The van der Waals surface area contributed by atoms with Crippen LogP contribution in [0.25, 0.3) is 10.2 Å². The Morgan fingerprint density at radius 3 is 3.06 bits per heavy atom. The van der Waals surface area contributed by atoms with Crippen LogP contribution in [-0.4, -0.2) is 46.0 Å². The largest absolute Gasteiger partial charge is 0.309 e. The Balaban J connectivity index is 2.11. The molecule has 17 heavy (non-hydrogen) atoms. The number of rotatable bonds is 4. The van der Waals surface area contributed by atoms with E-state index in [2.05, 4.69) is 14.5 Å². The fourth-order valence-electron chi connectivity index (χ4n) is 1.36. The highest BCUT2D eigenvalue weighted by molar-refractivity contribution is 8.14. The van der Waals surface area contributed by atoms with Crippen LogP contribution in [0.1, 0.15) is 10.4 Å². The molecule has 1 heterocycles. The highest BCUT2D eigenvalue weighted by atomic mass is 32.2. The Hall–Kier alpha value is -0.980. The molecule has 1 aromatic carbocycles. The molecule has 0 aliphatic carbocycles. The van der Waals surface area contributed by atoms with Crippen molar-refractivity contribution in [1.29, 1.82) is 0 Å². The molecule has 0 aliphatic rings. The molecule has 0 unspecified atom stereocenters. The van der Waals surface area contributed by atoms with E-state index in [-0.39, 0.29) is 5.12 Å². The first-order chi connectivity index (χ1) is 8.18. The molecule has 0 saturated heterocycles. The summed E-state index contributed by atoms with van der Waals surface area (Å²) in [6.45, 7) is 0.896. The molecule has 0 saturated carbocycles. The summed E-state index contributed by atoms with van der Waals surface area (Å²) in [6.07, 6.45) is 0. The van der Waals surface area contributed by atoms with Gasteiger partial charge in [0.15, 0.2) is 0 Å². The van der Waals surface area contributed by atoms with E-state index in [9.17, 15) is 4.79 Å². The van der Waals surface area contributed by atoms with E-state index in [1.165, 1.54) is 23.3 Å². The van der Waals surface area contributed by atoms with Gasteiger partial charge in [-0.15, -0.1) is 5.10 Å². The van der Waals surface area contributed by atoms with E-state index >= 15 is 0 Å². The highest BCUT2D eigenvalue weighted by Gasteiger charge is 2.12. The van der Waals surface area contributed by atoms with Crippen molar-refractivity contribution in [1.82, 2.24) is 14.5 Å². The van der Waals surface area contributed by atoms with Crippen molar-refractivity contribution in [3.05, 3.63) is 23.8 Å². The van der Waals surface area contributed by atoms with Gasteiger partial charge in [0.25, 0.3) is 0 Å². The molecule has 1 aromatic heterocycles. The molecule has 90 valence electrons. The second-order valence-electron chi connectivity index (χ2n) is 3.87. The van der Waals surface area contributed by atoms with E-state index in [0.717, 1.165) is 28.1 Å². The molecular weight excluding hydrogens is 254 g/mol. The molecule has 0 N–H and O–H groups in total. The van der Waals surface area contributed by atoms with Crippen LogP contribution in [0.5, 0.6) is 0 Å². The van der Waals surface area contributed by atoms with Gasteiger partial charge in [-0.3, -0.25) is 4.79 Å². The third-order valence-corrected chi connectivity index (χ3v) is 3.91. The lowest BCUT2D eigenvalue weighted by molar-refractivity contribution is 0.109. The summed E-state index contributed by atoms with van der Waals surface area (Å²) in [7, 11) is 4.00. The number of aromatic nitrogens is 2. The van der Waals surface area contributed by atoms with Crippen LogP contribution in [0.2, 0.25) is 0 Å². The van der Waals surface area contributed by atoms with E-state index in [1.807, 2.05) is 32.3 Å². The van der Waals surface area contributed by atoms with Gasteiger partial charge in [0, 0.05) is 17.9 Å². The van der Waals surface area contributed by atoms with Gasteiger partial charge >= 0.3 is 0 Å². The van der Waals surface area contributed by atoms with Crippen molar-refractivity contribution < 1.29 is 4.79 Å². The second-order valence-corrected chi connectivity index (χ2v) is 5.69. The van der Waals surface area contributed by atoms with Crippen LogP contribution in [0.4, 0.5) is 0 Å². The number of carbonyl (C=O) groups is 1. The number of hydrogen-bond acceptors (Lipinski definition) is 6. The van der Waals surface area contributed by atoms with Gasteiger partial charge < -0.3 is 4.90 Å². The second kappa shape index (κ2) is 5.57. The van der Waals surface area contributed by atoms with Crippen molar-refractivity contribution in [2.24, 2.45) is 0 Å². The van der Waals surface area contributed by atoms with Crippen LogP contribution in [-0.2, 0) is 0 Å². The Morgan fingerprint density at radius 2 is 2.29 bits per heavy atom. The third-order valence-electron chi connectivity index (χ3n) is 2.27. The standard InChI is InChI=1S/C11H13N3OS2/c1-14(2)6-7-16-11(15)8-4-3-5-9-10(8)17-13-12-9/h3-5H,6-7H2,1-2H3. The quantitative estimate of drug-likeness (QED) is 0.849. The molecule has 2 aromatic rings. The molecule has 0 radical (unpaired) electrons. The van der Waals surface area contributed by atoms with Gasteiger partial charge in [-0.25, -0.2) is 0 Å². The lowest BCUT2D eigenvalue weighted by Gasteiger charge is -2.07. The molecule has 6 heteroatoms. The summed E-state index contributed by atoms with van der Waals surface area (Å²) in [5, 5.41) is 4.07. The van der Waals surface area contributed by atoms with Gasteiger partial charge in [-0.05, 0) is 37.8 Å². The number of fused-ring (bicyclic) bond motifs is 1. The zero-order valence-electron chi connectivity index (χ0n) is 9.71. The van der Waals surface area contributed by atoms with Gasteiger partial charge in [0.2, 0.25) is 5.12 Å². The molecule has 0 fully saturated rings. The van der Waals surface area contributed by atoms with E-state index in [1.54, 1.807) is 0 Å². The van der Waals surface area contributed by atoms with Crippen LogP contribution in [0.3, 0.4) is 0 Å². The average molecular weight is 267 g/mol. The average Bonchev–Trinajstić information content (AvgIpc) is 2.75. The topological polar surface area (TPSA) is 46.1 Å². The maximum atomic E-state index is 12.0. The first-order valence-corrected chi connectivity index (χ1v) is 6.97. The predicted octanol–water partition coefficient (Wildman–Crippen LogP) is 2.13. The van der Waals surface area contributed by atoms with Crippen molar-refractivity contribution in [2.45, 2.75) is 0 Å². The number of carbonyl (C=O) groups excluding carboxylic acids is 1. The molecular formula is C11H13N3OS2. The fraction of sp³-hybridized carbons (Fsp3) is 0.364. The van der Waals surface area contributed by atoms with Gasteiger partial charge in [0.1, 0.15) is 5.52 Å². The number of nitrogens with zero attached hydrogens (tertiary/aromatic N) is 3. The van der Waals surface area contributed by atoms with Crippen LogP contribution < -0.4 is 0 Å². The predicted molar refractivity (Wildman–Crippen MR) is 72.8 cm³/mol. The molecule has 4 nitrogen and oxygen atoms in total. The van der Waals surface area contributed by atoms with E-state index in [4.69, 9.17) is 0 Å². The summed E-state index contributed by atoms with van der Waals surface area (Å²) in [4.78, 5) is 14.1. The molecule has 0 aliphatic heterocycles. The summed E-state index contributed by atoms with van der Waals surface area (Å²) in [5.41, 5.74) is 1.52. The minimum Gasteiger partial charge on any atom is -0.309 e. The zero-order chi connectivity index (χ0) is 12.3. The third kappa shape index (κ3) is 3.02. The maximum absolute atomic E-state index is 12.0. The Bertz CT molecular complexity index is 524. The zero-order valence-corrected chi connectivity index (χ0v) is 11.3. The van der Waals surface area contributed by atoms with Crippen molar-refractivity contribution in [3.8, 4) is 0 Å². The normalized spacial score (nSPS) is 11.2. The summed E-state index contributed by atoms with van der Waals surface area (Å²) < 4.78 is 4.76. The van der Waals surface area contributed by atoms with Crippen LogP contribution in [0, 0.1) is 0 Å². The van der Waals surface area contributed by atoms with E-state index < -0.39 is 0 Å². The summed E-state index contributed by atoms with van der Waals surface area (Å²) >= 11 is 2.62. The first-order valence-electron chi connectivity index (χ1n) is 5.21. The Morgan fingerprint density at radius 1 is 1.47 bits per heavy atom. The van der Waals surface area contributed by atoms with Gasteiger partial charge in [-0.1, -0.05) is 22.3 Å². The fourth-order valence-corrected chi connectivity index (χ4v) is 3.07. The van der Waals surface area contributed by atoms with Crippen molar-refractivity contribution >= 4 is 38.6 Å². The maximum Gasteiger partial charge on any atom is 0.220 e. The molecule has 0 spiro atoms. The highest BCUT2D eigenvalue weighted by Crippen LogP contribution is 2.24. The number of benzene rings is 1. The Kier molecular flexibility index (Phi) is 4.09. The summed E-state index contributed by atoms with van der Waals surface area (Å²) in [6, 6.07) is 5.57. The summed E-state index contributed by atoms with van der Waals surface area (Å²) in [5.74, 6) is 0.800. The SMILES string of the molecule is CN(C)CCSC(=O)c1cccc2nnsc12. The minimum absolute atomic E-state index is 0.100. The van der Waals surface area contributed by atoms with Crippen molar-refractivity contribution in [2.75, 3.05) is 26.4 Å². The number of thioether (sulfide) groups is 1. The lowest BCUT2D eigenvalue weighted by Crippen LogP contribution is -2.15. The molecule has 0 amide bonds. The van der Waals surface area contributed by atoms with Crippen LogP contribution >= 0.6 is 23.3 Å².